The van der Waals surface area contributed by atoms with Gasteiger partial charge in [0.1, 0.15) is 0 Å². The van der Waals surface area contributed by atoms with Crippen LogP contribution in [-0.4, -0.2) is 68.2 Å². The number of ether oxygens (including phenoxy) is 1. The largest absolute Gasteiger partial charge is 0.379 e. The maximum Gasteiger partial charge on any atom is 0.251 e. The summed E-state index contributed by atoms with van der Waals surface area (Å²) < 4.78 is 5.33. The number of carbonyl (C=O) groups is 1. The Hall–Kier alpha value is -1.59. The Labute approximate surface area is 152 Å². The highest BCUT2D eigenvalue weighted by atomic mass is 16.5. The van der Waals surface area contributed by atoms with Crippen molar-refractivity contribution in [2.24, 2.45) is 5.92 Å². The number of rotatable bonds is 6. The molecule has 0 aromatic carbocycles. The van der Waals surface area contributed by atoms with E-state index in [1.807, 2.05) is 6.08 Å². The van der Waals surface area contributed by atoms with Gasteiger partial charge in [-0.25, -0.2) is 0 Å². The molecule has 25 heavy (non-hydrogen) atoms. The minimum atomic E-state index is -0.0556. The zero-order chi connectivity index (χ0) is 18.2. The average molecular weight is 348 g/mol. The molecule has 0 spiro atoms. The number of nitrogens with zero attached hydrogens (tertiary/aromatic N) is 2. The summed E-state index contributed by atoms with van der Waals surface area (Å²) in [4.78, 5) is 17.0. The Kier molecular flexibility index (Phi) is 7.72. The molecule has 2 rings (SSSR count). The smallest absolute Gasteiger partial charge is 0.251 e. The van der Waals surface area contributed by atoms with Gasteiger partial charge in [-0.15, -0.1) is 0 Å². The van der Waals surface area contributed by atoms with E-state index < -0.39 is 0 Å². The highest BCUT2D eigenvalue weighted by molar-refractivity contribution is 5.96. The van der Waals surface area contributed by atoms with Gasteiger partial charge in [0.05, 0.1) is 13.2 Å². The molecule has 1 amide bonds. The van der Waals surface area contributed by atoms with E-state index in [9.17, 15) is 4.79 Å². The van der Waals surface area contributed by atoms with Gasteiger partial charge in [0.15, 0.2) is 0 Å². The van der Waals surface area contributed by atoms with Gasteiger partial charge in [-0.3, -0.25) is 9.69 Å². The van der Waals surface area contributed by atoms with Crippen LogP contribution >= 0.6 is 0 Å². The molecular formula is C20H33N3O2. The second-order valence-electron chi connectivity index (χ2n) is 7.06. The second-order valence-corrected chi connectivity index (χ2v) is 7.06. The molecule has 2 aliphatic heterocycles. The zero-order valence-electron chi connectivity index (χ0n) is 16.0. The topological polar surface area (TPSA) is 44.8 Å². The van der Waals surface area contributed by atoms with Crippen molar-refractivity contribution < 1.29 is 9.53 Å². The van der Waals surface area contributed by atoms with Gasteiger partial charge in [-0.2, -0.15) is 0 Å². The van der Waals surface area contributed by atoms with E-state index in [2.05, 4.69) is 48.7 Å². The van der Waals surface area contributed by atoms with Crippen LogP contribution in [0.25, 0.3) is 0 Å². The SMILES string of the molecule is C=C/C(=C\C=C1/CCC(C)[C@H](C)N1C)C(=O)NCCN1CCOCC1. The van der Waals surface area contributed by atoms with Gasteiger partial charge in [-0.05, 0) is 37.8 Å². The summed E-state index contributed by atoms with van der Waals surface area (Å²) in [5, 5.41) is 2.99. The number of allylic oxidation sites excluding steroid dienone is 3. The lowest BCUT2D eigenvalue weighted by molar-refractivity contribution is -0.117. The van der Waals surface area contributed by atoms with Crippen molar-refractivity contribution in [2.75, 3.05) is 46.4 Å². The van der Waals surface area contributed by atoms with Crippen LogP contribution in [0.1, 0.15) is 26.7 Å². The van der Waals surface area contributed by atoms with Crippen LogP contribution in [0.5, 0.6) is 0 Å². The molecule has 0 aromatic heterocycles. The van der Waals surface area contributed by atoms with E-state index in [1.54, 1.807) is 6.08 Å². The summed E-state index contributed by atoms with van der Waals surface area (Å²) in [5.41, 5.74) is 1.90. The Morgan fingerprint density at radius 1 is 1.36 bits per heavy atom. The van der Waals surface area contributed by atoms with E-state index in [0.717, 1.165) is 39.3 Å². The van der Waals surface area contributed by atoms with Crippen molar-refractivity contribution in [1.29, 1.82) is 0 Å². The Morgan fingerprint density at radius 3 is 2.76 bits per heavy atom. The number of hydrogen-bond acceptors (Lipinski definition) is 4. The third-order valence-corrected chi connectivity index (χ3v) is 5.50. The van der Waals surface area contributed by atoms with Crippen molar-refractivity contribution >= 4 is 5.91 Å². The number of nitrogens with one attached hydrogen (secondary N) is 1. The first-order chi connectivity index (χ1) is 12.0. The van der Waals surface area contributed by atoms with Crippen molar-refractivity contribution in [3.63, 3.8) is 0 Å². The maximum absolute atomic E-state index is 12.3. The molecule has 0 bridgehead atoms. The monoisotopic (exact) mass is 347 g/mol. The van der Waals surface area contributed by atoms with Crippen LogP contribution < -0.4 is 5.32 Å². The molecule has 2 heterocycles. The number of hydrogen-bond donors (Lipinski definition) is 1. The lowest BCUT2D eigenvalue weighted by atomic mass is 9.90. The molecule has 2 saturated heterocycles. The third kappa shape index (κ3) is 5.72. The van der Waals surface area contributed by atoms with Crippen LogP contribution in [0.2, 0.25) is 0 Å². The third-order valence-electron chi connectivity index (χ3n) is 5.50. The first kappa shape index (κ1) is 19.7. The molecule has 0 aliphatic carbocycles. The first-order valence-corrected chi connectivity index (χ1v) is 9.37. The van der Waals surface area contributed by atoms with Gasteiger partial charge in [0, 0.05) is 50.5 Å². The lowest BCUT2D eigenvalue weighted by Crippen LogP contribution is -2.41. The van der Waals surface area contributed by atoms with Crippen LogP contribution in [0.4, 0.5) is 0 Å². The fraction of sp³-hybridized carbons (Fsp3) is 0.650. The van der Waals surface area contributed by atoms with Crippen LogP contribution in [0.3, 0.4) is 0 Å². The van der Waals surface area contributed by atoms with E-state index in [1.165, 1.54) is 12.1 Å². The van der Waals surface area contributed by atoms with E-state index >= 15 is 0 Å². The summed E-state index contributed by atoms with van der Waals surface area (Å²) in [6.07, 6.45) is 7.85. The van der Waals surface area contributed by atoms with Gasteiger partial charge in [0.25, 0.3) is 5.91 Å². The van der Waals surface area contributed by atoms with Gasteiger partial charge in [-0.1, -0.05) is 19.6 Å². The summed E-state index contributed by atoms with van der Waals surface area (Å²) >= 11 is 0. The molecule has 2 fully saturated rings. The van der Waals surface area contributed by atoms with E-state index in [-0.39, 0.29) is 5.91 Å². The van der Waals surface area contributed by atoms with Crippen LogP contribution in [-0.2, 0) is 9.53 Å². The van der Waals surface area contributed by atoms with Crippen LogP contribution in [0, 0.1) is 5.92 Å². The molecule has 2 atom stereocenters. The molecular weight excluding hydrogens is 314 g/mol. The van der Waals surface area contributed by atoms with Gasteiger partial charge >= 0.3 is 0 Å². The molecule has 2 aliphatic rings. The average Bonchev–Trinajstić information content (AvgIpc) is 2.63. The van der Waals surface area contributed by atoms with Crippen molar-refractivity contribution in [2.45, 2.75) is 32.7 Å². The number of piperidine rings is 1. The predicted octanol–water partition coefficient (Wildman–Crippen LogP) is 2.18. The maximum atomic E-state index is 12.3. The highest BCUT2D eigenvalue weighted by Gasteiger charge is 2.24. The van der Waals surface area contributed by atoms with Crippen molar-refractivity contribution in [1.82, 2.24) is 15.1 Å². The minimum Gasteiger partial charge on any atom is -0.379 e. The lowest BCUT2D eigenvalue weighted by Gasteiger charge is -2.38. The van der Waals surface area contributed by atoms with E-state index in [4.69, 9.17) is 4.74 Å². The highest BCUT2D eigenvalue weighted by Crippen LogP contribution is 2.28. The predicted molar refractivity (Wildman–Crippen MR) is 102 cm³/mol. The second kappa shape index (κ2) is 9.78. The number of morpholine rings is 1. The van der Waals surface area contributed by atoms with Crippen molar-refractivity contribution in [3.8, 4) is 0 Å². The normalized spacial score (nSPS) is 27.4. The van der Waals surface area contributed by atoms with E-state index in [0.29, 0.717) is 24.1 Å². The minimum absolute atomic E-state index is 0.0556. The van der Waals surface area contributed by atoms with Gasteiger partial charge in [0.2, 0.25) is 0 Å². The molecule has 0 radical (unpaired) electrons. The molecule has 5 nitrogen and oxygen atoms in total. The summed E-state index contributed by atoms with van der Waals surface area (Å²) in [6, 6.07) is 0.530. The molecule has 0 saturated carbocycles. The molecule has 1 N–H and O–H groups in total. The zero-order valence-corrected chi connectivity index (χ0v) is 16.0. The van der Waals surface area contributed by atoms with Crippen molar-refractivity contribution in [3.05, 3.63) is 36.1 Å². The summed E-state index contributed by atoms with van der Waals surface area (Å²) in [6.45, 7) is 13.3. The Bertz CT molecular complexity index is 521. The quantitative estimate of drug-likeness (QED) is 0.591. The molecule has 5 heteroatoms. The first-order valence-electron chi connectivity index (χ1n) is 9.37. The Balaban J connectivity index is 1.86. The fourth-order valence-electron chi connectivity index (χ4n) is 3.31. The summed E-state index contributed by atoms with van der Waals surface area (Å²) in [5.74, 6) is 0.647. The number of likely N-dealkylation sites (tertiary alicyclic amines) is 1. The Morgan fingerprint density at radius 2 is 2.08 bits per heavy atom. The number of carbonyl (C=O) groups excluding carboxylic acids is 1. The standard InChI is InChI=1S/C20H33N3O2/c1-5-18(7-9-19-8-6-16(2)17(3)22(19)4)20(24)21-10-11-23-12-14-25-15-13-23/h5,7,9,16-17H,1,6,8,10-15H2,2-4H3,(H,21,24)/b18-7+,19-9+/t16?,17-/m0/s1. The molecule has 140 valence electrons. The van der Waals surface area contributed by atoms with Gasteiger partial charge < -0.3 is 15.0 Å². The molecule has 1 unspecified atom stereocenters. The number of amides is 1. The summed E-state index contributed by atoms with van der Waals surface area (Å²) in [7, 11) is 2.13. The van der Waals surface area contributed by atoms with Crippen LogP contribution in [0.15, 0.2) is 36.1 Å². The fourth-order valence-corrected chi connectivity index (χ4v) is 3.31. The molecule has 0 aromatic rings.